The Bertz CT molecular complexity index is 1770. The van der Waals surface area contributed by atoms with E-state index in [2.05, 4.69) is 5.32 Å². The van der Waals surface area contributed by atoms with E-state index in [1.165, 1.54) is 35.2 Å². The van der Waals surface area contributed by atoms with E-state index in [-0.39, 0.29) is 45.5 Å². The smallest absolute Gasteiger partial charge is 0.264 e. The highest BCUT2D eigenvalue weighted by atomic mass is 35.5. The zero-order chi connectivity index (χ0) is 34.1. The summed E-state index contributed by atoms with van der Waals surface area (Å²) in [6.45, 7) is 5.09. The van der Waals surface area contributed by atoms with Crippen LogP contribution in [-0.4, -0.2) is 50.9 Å². The molecule has 0 radical (unpaired) electrons. The third-order valence-corrected chi connectivity index (χ3v) is 10.0. The average Bonchev–Trinajstić information content (AvgIpc) is 3.05. The van der Waals surface area contributed by atoms with Crippen molar-refractivity contribution in [3.8, 4) is 5.75 Å². The summed E-state index contributed by atoms with van der Waals surface area (Å²) in [6, 6.07) is 26.1. The number of nitrogens with zero attached hydrogens (tertiary/aromatic N) is 2. The molecule has 11 heteroatoms. The Morgan fingerprint density at radius 2 is 1.51 bits per heavy atom. The van der Waals surface area contributed by atoms with Gasteiger partial charge in [0.05, 0.1) is 17.7 Å². The number of rotatable bonds is 14. The van der Waals surface area contributed by atoms with Gasteiger partial charge in [-0.2, -0.15) is 0 Å². The minimum Gasteiger partial charge on any atom is -0.497 e. The molecule has 0 heterocycles. The lowest BCUT2D eigenvalue weighted by Gasteiger charge is -2.34. The topological polar surface area (TPSA) is 96.0 Å². The predicted octanol–water partition coefficient (Wildman–Crippen LogP) is 7.06. The Morgan fingerprint density at radius 3 is 2.13 bits per heavy atom. The Balaban J connectivity index is 1.84. The lowest BCUT2D eigenvalue weighted by Crippen LogP contribution is -2.54. The first-order valence-corrected chi connectivity index (χ1v) is 17.4. The molecule has 0 aliphatic heterocycles. The molecule has 0 aliphatic carbocycles. The van der Waals surface area contributed by atoms with Gasteiger partial charge < -0.3 is 15.0 Å². The van der Waals surface area contributed by atoms with Crippen molar-refractivity contribution < 1.29 is 22.7 Å². The zero-order valence-corrected chi connectivity index (χ0v) is 29.1. The second-order valence-electron chi connectivity index (χ2n) is 11.3. The molecular weight excluding hydrogens is 657 g/mol. The number of aryl methyl sites for hydroxylation is 1. The number of amides is 2. The van der Waals surface area contributed by atoms with Gasteiger partial charge in [-0.1, -0.05) is 90.3 Å². The standard InChI is InChI=1S/C36H39Cl2N3O5S/c1-5-26(3)39-36(43)34(19-27-10-7-6-8-11-27)40(23-28-12-9-13-32(18-28)46-4)35(42)24-41(31-21-29(37)20-30(38)22-31)47(44,45)33-16-14-25(2)15-17-33/h6-18,20-22,26,34H,5,19,23-24H2,1-4H3,(H,39,43)/t26-,34-/m0/s1. The molecule has 4 rings (SSSR count). The number of benzene rings is 4. The molecule has 0 spiro atoms. The Kier molecular flexibility index (Phi) is 12.3. The van der Waals surface area contributed by atoms with E-state index in [0.717, 1.165) is 15.4 Å². The molecule has 2 atom stereocenters. The van der Waals surface area contributed by atoms with Crippen LogP contribution in [0.1, 0.15) is 37.0 Å². The number of hydrogen-bond acceptors (Lipinski definition) is 5. The fourth-order valence-corrected chi connectivity index (χ4v) is 6.92. The number of carbonyl (C=O) groups excluding carboxylic acids is 2. The van der Waals surface area contributed by atoms with Gasteiger partial charge in [-0.15, -0.1) is 0 Å². The van der Waals surface area contributed by atoms with E-state index in [0.29, 0.717) is 17.7 Å². The maximum absolute atomic E-state index is 14.6. The van der Waals surface area contributed by atoms with E-state index >= 15 is 0 Å². The maximum atomic E-state index is 14.6. The van der Waals surface area contributed by atoms with Crippen molar-refractivity contribution in [2.45, 2.75) is 57.1 Å². The quantitative estimate of drug-likeness (QED) is 0.152. The highest BCUT2D eigenvalue weighted by Crippen LogP contribution is 2.30. The SMILES string of the molecule is CC[C@H](C)NC(=O)[C@H](Cc1ccccc1)N(Cc1cccc(OC)c1)C(=O)CN(c1cc(Cl)cc(Cl)c1)S(=O)(=O)c1ccc(C)cc1. The van der Waals surface area contributed by atoms with Crippen LogP contribution < -0.4 is 14.4 Å². The van der Waals surface area contributed by atoms with Crippen LogP contribution in [0.4, 0.5) is 5.69 Å². The van der Waals surface area contributed by atoms with Crippen LogP contribution in [-0.2, 0) is 32.6 Å². The zero-order valence-electron chi connectivity index (χ0n) is 26.8. The molecule has 0 bridgehead atoms. The van der Waals surface area contributed by atoms with Crippen LogP contribution >= 0.6 is 23.2 Å². The molecule has 47 heavy (non-hydrogen) atoms. The third-order valence-electron chi connectivity index (χ3n) is 7.78. The van der Waals surface area contributed by atoms with Gasteiger partial charge in [-0.05, 0) is 73.9 Å². The second-order valence-corrected chi connectivity index (χ2v) is 14.1. The van der Waals surface area contributed by atoms with Gasteiger partial charge >= 0.3 is 0 Å². The molecule has 0 aromatic heterocycles. The fourth-order valence-electron chi connectivity index (χ4n) is 5.01. The summed E-state index contributed by atoms with van der Waals surface area (Å²) in [7, 11) is -2.75. The molecule has 4 aromatic carbocycles. The number of anilines is 1. The normalized spacial score (nSPS) is 12.6. The Morgan fingerprint density at radius 1 is 0.872 bits per heavy atom. The molecule has 1 N–H and O–H groups in total. The fraction of sp³-hybridized carbons (Fsp3) is 0.278. The van der Waals surface area contributed by atoms with Crippen molar-refractivity contribution in [2.75, 3.05) is 18.0 Å². The van der Waals surface area contributed by atoms with Crippen LogP contribution in [0, 0.1) is 6.92 Å². The largest absolute Gasteiger partial charge is 0.497 e. The van der Waals surface area contributed by atoms with Gasteiger partial charge in [0.15, 0.2) is 0 Å². The molecule has 2 amide bonds. The minimum absolute atomic E-state index is 0.0101. The van der Waals surface area contributed by atoms with Gasteiger partial charge in [-0.25, -0.2) is 8.42 Å². The predicted molar refractivity (Wildman–Crippen MR) is 188 cm³/mol. The summed E-state index contributed by atoms with van der Waals surface area (Å²) < 4.78 is 34.8. The number of carbonyl (C=O) groups is 2. The van der Waals surface area contributed by atoms with E-state index in [1.54, 1.807) is 37.4 Å². The summed E-state index contributed by atoms with van der Waals surface area (Å²) in [5.74, 6) is -0.367. The molecule has 4 aromatic rings. The van der Waals surface area contributed by atoms with Crippen molar-refractivity contribution in [2.24, 2.45) is 0 Å². The number of ether oxygens (including phenoxy) is 1. The molecule has 8 nitrogen and oxygen atoms in total. The molecular formula is C36H39Cl2N3O5S. The van der Waals surface area contributed by atoms with Gasteiger partial charge in [0, 0.05) is 29.1 Å². The summed E-state index contributed by atoms with van der Waals surface area (Å²) >= 11 is 12.6. The van der Waals surface area contributed by atoms with Gasteiger partial charge in [0.1, 0.15) is 18.3 Å². The average molecular weight is 697 g/mol. The van der Waals surface area contributed by atoms with Crippen LogP contribution in [0.15, 0.2) is 102 Å². The van der Waals surface area contributed by atoms with Crippen molar-refractivity contribution in [1.29, 1.82) is 0 Å². The van der Waals surface area contributed by atoms with Crippen molar-refractivity contribution in [3.05, 3.63) is 124 Å². The van der Waals surface area contributed by atoms with Crippen molar-refractivity contribution in [3.63, 3.8) is 0 Å². The van der Waals surface area contributed by atoms with Gasteiger partial charge in [-0.3, -0.25) is 13.9 Å². The van der Waals surface area contributed by atoms with Gasteiger partial charge in [0.25, 0.3) is 10.0 Å². The second kappa shape index (κ2) is 16.2. The maximum Gasteiger partial charge on any atom is 0.264 e. The number of sulfonamides is 1. The van der Waals surface area contributed by atoms with Gasteiger partial charge in [0.2, 0.25) is 11.8 Å². The Labute approximate surface area is 287 Å². The summed E-state index contributed by atoms with van der Waals surface area (Å²) in [4.78, 5) is 30.0. The highest BCUT2D eigenvalue weighted by Gasteiger charge is 2.35. The van der Waals surface area contributed by atoms with Crippen LogP contribution in [0.25, 0.3) is 0 Å². The molecule has 0 fully saturated rings. The van der Waals surface area contributed by atoms with E-state index in [4.69, 9.17) is 27.9 Å². The molecule has 248 valence electrons. The number of methoxy groups -OCH3 is 1. The Hall–Kier alpha value is -4.05. The lowest BCUT2D eigenvalue weighted by molar-refractivity contribution is -0.140. The third kappa shape index (κ3) is 9.50. The molecule has 0 unspecified atom stereocenters. The summed E-state index contributed by atoms with van der Waals surface area (Å²) in [6.07, 6.45) is 0.887. The van der Waals surface area contributed by atoms with Crippen LogP contribution in [0.3, 0.4) is 0 Å². The van der Waals surface area contributed by atoms with E-state index in [1.807, 2.05) is 57.2 Å². The van der Waals surface area contributed by atoms with E-state index < -0.39 is 28.5 Å². The van der Waals surface area contributed by atoms with Crippen molar-refractivity contribution >= 4 is 50.7 Å². The van der Waals surface area contributed by atoms with Crippen LogP contribution in [0.5, 0.6) is 5.75 Å². The minimum atomic E-state index is -4.30. The van der Waals surface area contributed by atoms with Crippen LogP contribution in [0.2, 0.25) is 10.0 Å². The number of halogens is 2. The number of nitrogens with one attached hydrogen (secondary N) is 1. The highest BCUT2D eigenvalue weighted by molar-refractivity contribution is 7.92. The van der Waals surface area contributed by atoms with Crippen molar-refractivity contribution in [1.82, 2.24) is 10.2 Å². The molecule has 0 aliphatic rings. The first-order chi connectivity index (χ1) is 22.4. The lowest BCUT2D eigenvalue weighted by atomic mass is 10.0. The number of hydrogen-bond donors (Lipinski definition) is 1. The summed E-state index contributed by atoms with van der Waals surface area (Å²) in [5.41, 5.74) is 2.52. The first-order valence-electron chi connectivity index (χ1n) is 15.2. The monoisotopic (exact) mass is 695 g/mol. The first kappa shape index (κ1) is 35.8. The molecule has 0 saturated heterocycles. The van der Waals surface area contributed by atoms with E-state index in [9.17, 15) is 18.0 Å². The molecule has 0 saturated carbocycles. The summed E-state index contributed by atoms with van der Waals surface area (Å²) in [5, 5.41) is 3.43.